The van der Waals surface area contributed by atoms with Crippen LogP contribution < -0.4 is 5.73 Å². The van der Waals surface area contributed by atoms with E-state index in [2.05, 4.69) is 4.18 Å². The first-order valence-electron chi connectivity index (χ1n) is 2.27. The molecular weight excluding hydrogens is 146 g/mol. The number of nitrogens with two attached hydrogens (primary N) is 1. The molecule has 0 saturated carbocycles. The van der Waals surface area contributed by atoms with Crippen molar-refractivity contribution in [3.63, 3.8) is 0 Å². The van der Waals surface area contributed by atoms with Gasteiger partial charge in [-0.05, 0) is 0 Å². The fraction of sp³-hybridized carbons (Fsp3) is 1.00. The van der Waals surface area contributed by atoms with Crippen LogP contribution in [0.5, 0.6) is 0 Å². The van der Waals surface area contributed by atoms with Crippen molar-refractivity contribution >= 4 is 11.4 Å². The van der Waals surface area contributed by atoms with E-state index in [1.54, 1.807) is 0 Å². The summed E-state index contributed by atoms with van der Waals surface area (Å²) in [7, 11) is 0. The van der Waals surface area contributed by atoms with Crippen LogP contribution in [-0.4, -0.2) is 33.1 Å². The minimum atomic E-state index is -2.55. The Hall–Kier alpha value is -0.0100. The van der Waals surface area contributed by atoms with Gasteiger partial charge in [-0.15, -0.1) is 0 Å². The molecule has 3 N–H and O–H groups in total. The number of rotatable bonds is 4. The van der Waals surface area contributed by atoms with Gasteiger partial charge in [-0.2, -0.15) is 0 Å². The van der Waals surface area contributed by atoms with Crippen molar-refractivity contribution in [2.75, 3.05) is 13.2 Å². The molecule has 0 aliphatic carbocycles. The molecule has 6 heteroatoms. The van der Waals surface area contributed by atoms with Crippen molar-refractivity contribution in [1.82, 2.24) is 0 Å². The van der Waals surface area contributed by atoms with Gasteiger partial charge in [0, 0.05) is 6.54 Å². The van der Waals surface area contributed by atoms with Crippen LogP contribution in [0.3, 0.4) is 0 Å². The molecule has 0 aliphatic rings. The van der Waals surface area contributed by atoms with Crippen molar-refractivity contribution in [3.05, 3.63) is 0 Å². The van der Waals surface area contributed by atoms with Crippen molar-refractivity contribution in [2.45, 2.75) is 6.10 Å². The highest BCUT2D eigenvalue weighted by Crippen LogP contribution is 1.83. The molecule has 0 aromatic rings. The van der Waals surface area contributed by atoms with E-state index >= 15 is 0 Å². The van der Waals surface area contributed by atoms with Gasteiger partial charge < -0.3 is 15.4 Å². The normalized spacial score (nSPS) is 17.2. The first-order chi connectivity index (χ1) is 4.16. The monoisotopic (exact) mass is 154 g/mol. The van der Waals surface area contributed by atoms with Crippen molar-refractivity contribution in [1.29, 1.82) is 0 Å². The van der Waals surface area contributed by atoms with Crippen LogP contribution in [0.1, 0.15) is 0 Å². The van der Waals surface area contributed by atoms with Crippen LogP contribution >= 0.6 is 0 Å². The largest absolute Gasteiger partial charge is 0.750 e. The van der Waals surface area contributed by atoms with Gasteiger partial charge >= 0.3 is 0 Å². The molecule has 0 aliphatic heterocycles. The maximum atomic E-state index is 9.65. The molecule has 0 heterocycles. The molecule has 0 aromatic carbocycles. The summed E-state index contributed by atoms with van der Waals surface area (Å²) in [5.74, 6) is 0. The molecule has 0 radical (unpaired) electrons. The van der Waals surface area contributed by atoms with Crippen LogP contribution in [0.4, 0.5) is 0 Å². The number of hydrogen-bond donors (Lipinski definition) is 2. The standard InChI is InChI=1S/C3H9NO4S/c4-1-3(5)2-8-9(6)7/h3,5H,1-2,4H2,(H,6,7)/p-1. The van der Waals surface area contributed by atoms with E-state index in [1.807, 2.05) is 0 Å². The second-order valence-electron chi connectivity index (χ2n) is 1.38. The Balaban J connectivity index is 3.16. The Morgan fingerprint density at radius 2 is 2.44 bits per heavy atom. The van der Waals surface area contributed by atoms with Crippen molar-refractivity contribution in [3.8, 4) is 0 Å². The summed E-state index contributed by atoms with van der Waals surface area (Å²) in [4.78, 5) is 0. The predicted octanol–water partition coefficient (Wildman–Crippen LogP) is -1.88. The van der Waals surface area contributed by atoms with Crippen LogP contribution in [0.25, 0.3) is 0 Å². The molecule has 0 bridgehead atoms. The Kier molecular flexibility index (Phi) is 4.83. The first-order valence-corrected chi connectivity index (χ1v) is 3.27. The molecule has 0 saturated heterocycles. The highest BCUT2D eigenvalue weighted by molar-refractivity contribution is 7.74. The number of aliphatic hydroxyl groups excluding tert-OH is 1. The summed E-state index contributed by atoms with van der Waals surface area (Å²) in [6.45, 7) is -0.274. The predicted molar refractivity (Wildman–Crippen MR) is 29.9 cm³/mol. The average molecular weight is 154 g/mol. The van der Waals surface area contributed by atoms with E-state index in [0.29, 0.717) is 0 Å². The van der Waals surface area contributed by atoms with E-state index in [1.165, 1.54) is 0 Å². The van der Waals surface area contributed by atoms with E-state index < -0.39 is 17.5 Å². The summed E-state index contributed by atoms with van der Waals surface area (Å²) < 4.78 is 23.3. The van der Waals surface area contributed by atoms with Gasteiger partial charge in [-0.3, -0.25) is 4.18 Å². The third-order valence-electron chi connectivity index (χ3n) is 0.629. The summed E-state index contributed by atoms with van der Waals surface area (Å²) in [5, 5.41) is 8.58. The summed E-state index contributed by atoms with van der Waals surface area (Å²) in [5.41, 5.74) is 4.93. The molecule has 0 amide bonds. The minimum absolute atomic E-state index is 0.00278. The van der Waals surface area contributed by atoms with Gasteiger partial charge in [0.2, 0.25) is 0 Å². The lowest BCUT2D eigenvalue weighted by Gasteiger charge is -2.08. The molecular formula is C3H8NO4S-. The molecule has 56 valence electrons. The number of hydrogen-bond acceptors (Lipinski definition) is 5. The highest BCUT2D eigenvalue weighted by atomic mass is 32.2. The van der Waals surface area contributed by atoms with E-state index in [4.69, 9.17) is 10.8 Å². The molecule has 0 fully saturated rings. The lowest BCUT2D eigenvalue weighted by Crippen LogP contribution is -2.25. The lowest BCUT2D eigenvalue weighted by molar-refractivity contribution is 0.115. The Labute approximate surface area is 55.3 Å². The Bertz CT molecular complexity index is 97.8. The van der Waals surface area contributed by atoms with Gasteiger partial charge in [-0.1, -0.05) is 0 Å². The van der Waals surface area contributed by atoms with Gasteiger partial charge in [0.15, 0.2) is 0 Å². The Morgan fingerprint density at radius 3 is 2.78 bits per heavy atom. The van der Waals surface area contributed by atoms with E-state index in [-0.39, 0.29) is 13.2 Å². The summed E-state index contributed by atoms with van der Waals surface area (Å²) >= 11 is -2.55. The maximum absolute atomic E-state index is 9.65. The summed E-state index contributed by atoms with van der Waals surface area (Å²) in [6.07, 6.45) is -0.900. The third-order valence-corrected chi connectivity index (χ3v) is 0.957. The lowest BCUT2D eigenvalue weighted by atomic mass is 10.4. The first kappa shape index (κ1) is 8.99. The fourth-order valence-electron chi connectivity index (χ4n) is 0.202. The highest BCUT2D eigenvalue weighted by Gasteiger charge is 1.98. The smallest absolute Gasteiger partial charge is 0.0908 e. The zero-order valence-electron chi connectivity index (χ0n) is 4.65. The molecule has 0 spiro atoms. The fourth-order valence-corrected chi connectivity index (χ4v) is 0.470. The molecule has 2 unspecified atom stereocenters. The second kappa shape index (κ2) is 4.83. The molecule has 0 rings (SSSR count). The molecule has 0 aromatic heterocycles. The van der Waals surface area contributed by atoms with E-state index in [9.17, 15) is 8.76 Å². The van der Waals surface area contributed by atoms with Gasteiger partial charge in [0.25, 0.3) is 0 Å². The second-order valence-corrected chi connectivity index (χ2v) is 2.02. The van der Waals surface area contributed by atoms with Crippen LogP contribution in [0.15, 0.2) is 0 Å². The van der Waals surface area contributed by atoms with Crippen LogP contribution in [0.2, 0.25) is 0 Å². The molecule has 5 nitrogen and oxygen atoms in total. The average Bonchev–Trinajstić information content (AvgIpc) is 1.83. The molecule has 9 heavy (non-hydrogen) atoms. The SMILES string of the molecule is NCC(O)COS(=O)[O-]. The summed E-state index contributed by atoms with van der Waals surface area (Å²) in [6, 6.07) is 0. The third kappa shape index (κ3) is 5.87. The zero-order chi connectivity index (χ0) is 7.28. The van der Waals surface area contributed by atoms with E-state index in [0.717, 1.165) is 0 Å². The van der Waals surface area contributed by atoms with Crippen molar-refractivity contribution < 1.29 is 18.1 Å². The Morgan fingerprint density at radius 1 is 1.89 bits per heavy atom. The van der Waals surface area contributed by atoms with Gasteiger partial charge in [0.1, 0.15) is 0 Å². The zero-order valence-corrected chi connectivity index (χ0v) is 5.47. The molecule has 2 atom stereocenters. The van der Waals surface area contributed by atoms with Gasteiger partial charge in [-0.25, -0.2) is 4.21 Å². The quantitative estimate of drug-likeness (QED) is 0.462. The maximum Gasteiger partial charge on any atom is 0.0908 e. The van der Waals surface area contributed by atoms with Crippen LogP contribution in [-0.2, 0) is 15.5 Å². The van der Waals surface area contributed by atoms with Crippen LogP contribution in [0, 0.1) is 0 Å². The minimum Gasteiger partial charge on any atom is -0.750 e. The van der Waals surface area contributed by atoms with Crippen molar-refractivity contribution in [2.24, 2.45) is 5.73 Å². The topological polar surface area (TPSA) is 95.6 Å². The number of aliphatic hydroxyl groups is 1. The van der Waals surface area contributed by atoms with Gasteiger partial charge in [0.05, 0.1) is 24.1 Å².